The van der Waals surface area contributed by atoms with Gasteiger partial charge in [0.1, 0.15) is 11.6 Å². The molecule has 5 rings (SSSR count). The van der Waals surface area contributed by atoms with Gasteiger partial charge in [0.25, 0.3) is 0 Å². The Bertz CT molecular complexity index is 1430. The zero-order valence-corrected chi connectivity index (χ0v) is 20.6. The van der Waals surface area contributed by atoms with Crippen LogP contribution >= 0.6 is 11.3 Å². The lowest BCUT2D eigenvalue weighted by atomic mass is 10.2. The fourth-order valence-corrected chi connectivity index (χ4v) is 5.76. The Kier molecular flexibility index (Phi) is 6.20. The molecular formula is C24H26N6O2S2. The summed E-state index contributed by atoms with van der Waals surface area (Å²) in [7, 11) is -3.36. The van der Waals surface area contributed by atoms with E-state index in [1.807, 2.05) is 29.6 Å². The lowest BCUT2D eigenvalue weighted by molar-refractivity contribution is 0.587. The summed E-state index contributed by atoms with van der Waals surface area (Å²) in [5.41, 5.74) is 2.38. The zero-order valence-electron chi connectivity index (χ0n) is 18.9. The van der Waals surface area contributed by atoms with E-state index < -0.39 is 15.1 Å². The first-order chi connectivity index (χ1) is 16.4. The number of rotatable bonds is 7. The average Bonchev–Trinajstić information content (AvgIpc) is 3.51. The monoisotopic (exact) mass is 494 g/mol. The van der Waals surface area contributed by atoms with Crippen molar-refractivity contribution >= 4 is 48.7 Å². The van der Waals surface area contributed by atoms with Gasteiger partial charge in [-0.1, -0.05) is 6.07 Å². The van der Waals surface area contributed by atoms with E-state index in [4.69, 9.17) is 9.97 Å². The molecule has 0 spiro atoms. The normalized spacial score (nSPS) is 16.3. The second-order valence-electron chi connectivity index (χ2n) is 8.54. The number of sulfone groups is 1. The Morgan fingerprint density at radius 1 is 1.15 bits per heavy atom. The van der Waals surface area contributed by atoms with Gasteiger partial charge in [-0.3, -0.25) is 0 Å². The molecule has 1 saturated heterocycles. The molecular weight excluding hydrogens is 468 g/mol. The van der Waals surface area contributed by atoms with Gasteiger partial charge in [-0.25, -0.2) is 23.4 Å². The molecule has 1 aliphatic heterocycles. The topological polar surface area (TPSA) is 109 Å². The Morgan fingerprint density at radius 3 is 2.82 bits per heavy atom. The number of nitrogens with zero attached hydrogens (tertiary/aromatic N) is 3. The molecule has 0 saturated carbocycles. The van der Waals surface area contributed by atoms with Crippen LogP contribution in [-0.4, -0.2) is 47.8 Å². The van der Waals surface area contributed by atoms with E-state index in [9.17, 15) is 8.42 Å². The van der Waals surface area contributed by atoms with Gasteiger partial charge in [0.05, 0.1) is 20.4 Å². The number of fused-ring (bicyclic) bond motifs is 1. The largest absolute Gasteiger partial charge is 0.365 e. The molecule has 10 heteroatoms. The molecule has 0 amide bonds. The van der Waals surface area contributed by atoms with Crippen LogP contribution in [0.5, 0.6) is 0 Å². The molecule has 0 aliphatic carbocycles. The maximum atomic E-state index is 12.5. The molecule has 0 bridgehead atoms. The number of hydrogen-bond donors (Lipinski definition) is 3. The van der Waals surface area contributed by atoms with E-state index in [1.54, 1.807) is 49.6 Å². The highest BCUT2D eigenvalue weighted by Gasteiger charge is 2.20. The zero-order chi connectivity index (χ0) is 23.7. The summed E-state index contributed by atoms with van der Waals surface area (Å²) < 4.78 is 26.1. The smallest absolute Gasteiger partial charge is 0.180 e. The molecule has 34 heavy (non-hydrogen) atoms. The van der Waals surface area contributed by atoms with Crippen LogP contribution in [0.3, 0.4) is 0 Å². The number of nitrogens with one attached hydrogen (secondary N) is 3. The van der Waals surface area contributed by atoms with Crippen molar-refractivity contribution in [3.63, 3.8) is 0 Å². The fraction of sp³-hybridized carbons (Fsp3) is 0.292. The number of pyridine rings is 1. The van der Waals surface area contributed by atoms with E-state index in [1.165, 1.54) is 0 Å². The van der Waals surface area contributed by atoms with Crippen molar-refractivity contribution in [2.24, 2.45) is 0 Å². The van der Waals surface area contributed by atoms with Crippen molar-refractivity contribution in [3.8, 4) is 11.4 Å². The van der Waals surface area contributed by atoms with E-state index in [2.05, 4.69) is 20.9 Å². The predicted octanol–water partition coefficient (Wildman–Crippen LogP) is 4.45. The minimum Gasteiger partial charge on any atom is -0.365 e. The number of anilines is 3. The average molecular weight is 495 g/mol. The van der Waals surface area contributed by atoms with E-state index >= 15 is 0 Å². The van der Waals surface area contributed by atoms with Gasteiger partial charge in [-0.05, 0) is 68.6 Å². The van der Waals surface area contributed by atoms with E-state index in [-0.39, 0.29) is 4.90 Å². The third kappa shape index (κ3) is 4.61. The molecule has 4 aromatic rings. The van der Waals surface area contributed by atoms with Crippen LogP contribution in [0.25, 0.3) is 21.6 Å². The lowest BCUT2D eigenvalue weighted by Gasteiger charge is -2.14. The summed E-state index contributed by atoms with van der Waals surface area (Å²) in [5, 5.41) is 11.7. The third-order valence-electron chi connectivity index (χ3n) is 5.78. The van der Waals surface area contributed by atoms with Crippen LogP contribution in [0.2, 0.25) is 0 Å². The maximum Gasteiger partial charge on any atom is 0.180 e. The van der Waals surface area contributed by atoms with Crippen LogP contribution in [0.4, 0.5) is 17.3 Å². The van der Waals surface area contributed by atoms with Crippen molar-refractivity contribution < 1.29 is 8.42 Å². The number of aromatic nitrogens is 3. The maximum absolute atomic E-state index is 12.5. The summed E-state index contributed by atoms with van der Waals surface area (Å²) in [6.45, 7) is 5.28. The first-order valence-electron chi connectivity index (χ1n) is 11.2. The van der Waals surface area contributed by atoms with E-state index in [0.717, 1.165) is 41.1 Å². The van der Waals surface area contributed by atoms with E-state index in [0.29, 0.717) is 23.4 Å². The van der Waals surface area contributed by atoms with Gasteiger partial charge in [-0.15, -0.1) is 11.3 Å². The van der Waals surface area contributed by atoms with Crippen LogP contribution in [0, 0.1) is 0 Å². The predicted molar refractivity (Wildman–Crippen MR) is 138 cm³/mol. The highest BCUT2D eigenvalue weighted by atomic mass is 32.2. The second-order valence-corrected chi connectivity index (χ2v) is 12.0. The fourth-order valence-electron chi connectivity index (χ4n) is 3.87. The standard InChI is InChI=1S/C24H26N6O2S2/c1-15(2)34(31,32)19-5-3-4-17(13-19)27-21-12-16(6-10-26-21)23-29-20-8-11-33-22(20)24(30-23)28-18-7-9-25-14-18/h3-6,8,10-13,15,18,25H,7,9,14H2,1-2H3,(H,26,27)(H,28,29,30). The minimum atomic E-state index is -3.36. The molecule has 1 fully saturated rings. The Labute approximate surface area is 202 Å². The highest BCUT2D eigenvalue weighted by Crippen LogP contribution is 2.31. The second kappa shape index (κ2) is 9.28. The van der Waals surface area contributed by atoms with Gasteiger partial charge in [0, 0.05) is 30.0 Å². The number of benzene rings is 1. The molecule has 1 aliphatic rings. The lowest BCUT2D eigenvalue weighted by Crippen LogP contribution is -2.22. The summed E-state index contributed by atoms with van der Waals surface area (Å²) in [6, 6.07) is 12.9. The minimum absolute atomic E-state index is 0.284. The van der Waals surface area contributed by atoms with Gasteiger partial charge in [-0.2, -0.15) is 0 Å². The quantitative estimate of drug-likeness (QED) is 0.346. The van der Waals surface area contributed by atoms with Gasteiger partial charge in [0.15, 0.2) is 15.7 Å². The molecule has 8 nitrogen and oxygen atoms in total. The molecule has 1 aromatic carbocycles. The van der Waals surface area contributed by atoms with Gasteiger partial charge in [0.2, 0.25) is 0 Å². The third-order valence-corrected chi connectivity index (χ3v) is 8.84. The van der Waals surface area contributed by atoms with Crippen LogP contribution < -0.4 is 16.0 Å². The Morgan fingerprint density at radius 2 is 2.03 bits per heavy atom. The van der Waals surface area contributed by atoms with Gasteiger partial charge >= 0.3 is 0 Å². The summed E-state index contributed by atoms with van der Waals surface area (Å²) >= 11 is 1.63. The number of hydrogen-bond acceptors (Lipinski definition) is 9. The Balaban J connectivity index is 1.45. The van der Waals surface area contributed by atoms with Crippen LogP contribution in [0.1, 0.15) is 20.3 Å². The summed E-state index contributed by atoms with van der Waals surface area (Å²) in [6.07, 6.45) is 2.75. The van der Waals surface area contributed by atoms with Gasteiger partial charge < -0.3 is 16.0 Å². The molecule has 3 N–H and O–H groups in total. The first kappa shape index (κ1) is 22.7. The molecule has 176 valence electrons. The van der Waals surface area contributed by atoms with Crippen molar-refractivity contribution in [3.05, 3.63) is 54.0 Å². The SMILES string of the molecule is CC(C)S(=O)(=O)c1cccc(Nc2cc(-c3nc(NC4CCNC4)c4sccc4n3)ccn2)c1. The van der Waals surface area contributed by atoms with Crippen molar-refractivity contribution in [1.82, 2.24) is 20.3 Å². The Hall–Kier alpha value is -3.08. The van der Waals surface area contributed by atoms with Crippen molar-refractivity contribution in [2.45, 2.75) is 36.5 Å². The number of thiophene rings is 1. The summed E-state index contributed by atoms with van der Waals surface area (Å²) in [5.74, 6) is 2.04. The summed E-state index contributed by atoms with van der Waals surface area (Å²) in [4.78, 5) is 14.3. The molecule has 4 heterocycles. The first-order valence-corrected chi connectivity index (χ1v) is 13.6. The molecule has 1 atom stereocenters. The van der Waals surface area contributed by atoms with Crippen LogP contribution in [0.15, 0.2) is 58.9 Å². The van der Waals surface area contributed by atoms with Crippen molar-refractivity contribution in [1.29, 1.82) is 0 Å². The van der Waals surface area contributed by atoms with Crippen LogP contribution in [-0.2, 0) is 9.84 Å². The molecule has 1 unspecified atom stereocenters. The molecule has 3 aromatic heterocycles. The van der Waals surface area contributed by atoms with Crippen molar-refractivity contribution in [2.75, 3.05) is 23.7 Å². The highest BCUT2D eigenvalue weighted by molar-refractivity contribution is 7.92. The molecule has 0 radical (unpaired) electrons.